The number of hydrogen-bond donors (Lipinski definition) is 1. The number of halogens is 2. The number of rotatable bonds is 5. The van der Waals surface area contributed by atoms with Crippen molar-refractivity contribution in [1.82, 2.24) is 34.4 Å². The van der Waals surface area contributed by atoms with E-state index in [0.29, 0.717) is 18.2 Å². The Morgan fingerprint density at radius 2 is 1.97 bits per heavy atom. The molecule has 38 heavy (non-hydrogen) atoms. The van der Waals surface area contributed by atoms with Gasteiger partial charge in [-0.2, -0.15) is 4.98 Å². The molecule has 12 heteroatoms. The Balaban J connectivity index is 1.37. The van der Waals surface area contributed by atoms with Crippen LogP contribution in [-0.2, 0) is 11.2 Å². The highest BCUT2D eigenvalue weighted by Gasteiger charge is 2.27. The lowest BCUT2D eigenvalue weighted by atomic mass is 10.0. The fourth-order valence-electron chi connectivity index (χ4n) is 4.50. The summed E-state index contributed by atoms with van der Waals surface area (Å²) in [5.41, 5.74) is 3.60. The first-order chi connectivity index (χ1) is 18.3. The smallest absolute Gasteiger partial charge is 0.297 e. The molecule has 0 unspecified atom stereocenters. The van der Waals surface area contributed by atoms with Crippen molar-refractivity contribution in [2.75, 3.05) is 25.6 Å². The molecule has 0 saturated carbocycles. The average Bonchev–Trinajstić information content (AvgIpc) is 3.39. The summed E-state index contributed by atoms with van der Waals surface area (Å²) in [5.74, 6) is -0.346. The van der Waals surface area contributed by atoms with Gasteiger partial charge in [0.25, 0.3) is 6.43 Å². The van der Waals surface area contributed by atoms with Crippen molar-refractivity contribution in [3.8, 4) is 17.3 Å². The minimum atomic E-state index is -2.87. The molecular weight excluding hydrogens is 494 g/mol. The minimum absolute atomic E-state index is 0.00273. The highest BCUT2D eigenvalue weighted by atomic mass is 19.3. The van der Waals surface area contributed by atoms with Gasteiger partial charge >= 0.3 is 0 Å². The summed E-state index contributed by atoms with van der Waals surface area (Å²) >= 11 is 0. The van der Waals surface area contributed by atoms with Crippen LogP contribution in [0.25, 0.3) is 17.0 Å². The Labute approximate surface area is 218 Å². The van der Waals surface area contributed by atoms with Crippen LogP contribution in [0.2, 0.25) is 0 Å². The molecule has 10 nitrogen and oxygen atoms in total. The van der Waals surface area contributed by atoms with E-state index in [1.54, 1.807) is 16.3 Å². The van der Waals surface area contributed by atoms with Gasteiger partial charge in [-0.15, -0.1) is 5.10 Å². The van der Waals surface area contributed by atoms with Gasteiger partial charge in [-0.1, -0.05) is 6.07 Å². The molecule has 0 spiro atoms. The number of aromatic nitrogens is 6. The maximum atomic E-state index is 13.4. The zero-order valence-corrected chi connectivity index (χ0v) is 21.4. The number of hydrogen-bond acceptors (Lipinski definition) is 8. The molecule has 1 aliphatic rings. The van der Waals surface area contributed by atoms with Crippen LogP contribution in [0.15, 0.2) is 36.5 Å². The molecule has 0 aromatic carbocycles. The van der Waals surface area contributed by atoms with E-state index < -0.39 is 18.2 Å². The van der Waals surface area contributed by atoms with Crippen LogP contribution in [0.4, 0.5) is 14.6 Å². The third-order valence-electron chi connectivity index (χ3n) is 6.61. The van der Waals surface area contributed by atoms with E-state index in [4.69, 9.17) is 9.72 Å². The fourth-order valence-corrected chi connectivity index (χ4v) is 4.50. The van der Waals surface area contributed by atoms with Gasteiger partial charge in [0.2, 0.25) is 11.8 Å². The Morgan fingerprint density at radius 1 is 1.13 bits per heavy atom. The maximum Gasteiger partial charge on any atom is 0.297 e. The first-order valence-corrected chi connectivity index (χ1v) is 12.4. The van der Waals surface area contributed by atoms with Gasteiger partial charge in [-0.3, -0.25) is 4.79 Å². The number of fused-ring (bicyclic) bond motifs is 2. The van der Waals surface area contributed by atoms with Gasteiger partial charge in [-0.25, -0.2) is 28.2 Å². The lowest BCUT2D eigenvalue weighted by Gasteiger charge is -2.26. The van der Waals surface area contributed by atoms with Crippen LogP contribution in [0.1, 0.15) is 54.9 Å². The predicted molar refractivity (Wildman–Crippen MR) is 136 cm³/mol. The van der Waals surface area contributed by atoms with Crippen molar-refractivity contribution in [3.05, 3.63) is 59.3 Å². The van der Waals surface area contributed by atoms with Gasteiger partial charge in [-0.05, 0) is 56.9 Å². The van der Waals surface area contributed by atoms with Crippen molar-refractivity contribution in [3.63, 3.8) is 0 Å². The molecule has 1 amide bonds. The summed E-state index contributed by atoms with van der Waals surface area (Å²) in [5, 5.41) is 7.90. The van der Waals surface area contributed by atoms with Gasteiger partial charge in [0.1, 0.15) is 5.82 Å². The van der Waals surface area contributed by atoms with Crippen LogP contribution in [0, 0.1) is 6.92 Å². The second-order valence-corrected chi connectivity index (χ2v) is 9.18. The Hall–Kier alpha value is -4.22. The van der Waals surface area contributed by atoms with Crippen molar-refractivity contribution >= 4 is 17.4 Å². The first-order valence-electron chi connectivity index (χ1n) is 12.4. The molecule has 5 heterocycles. The van der Waals surface area contributed by atoms with E-state index in [1.807, 2.05) is 31.3 Å². The standard InChI is InChI=1S/C26H28F2N8O2/c1-15(19-13-21(38-3)33-25(31-19)22(27)28)26(37)35-10-6-4-8-17-12-18(16(2)30-23(17)29-14-35)24-32-20-9-5-7-11-36(20)34-24/h5,7,9,11-13,15,22H,4,6,8,10,14H2,1-3H3,(H,29,30)/t15-/m0/s1. The SMILES string of the molecule is COc1cc([C@H](C)C(=O)N2CCCCc3cc(-c4nc5ccccn5n4)c(C)nc3NC2)nc(C(F)F)n1. The number of ether oxygens (including phenoxy) is 1. The molecule has 0 radical (unpaired) electrons. The molecule has 1 atom stereocenters. The lowest BCUT2D eigenvalue weighted by Crippen LogP contribution is -2.39. The van der Waals surface area contributed by atoms with E-state index in [-0.39, 0.29) is 24.1 Å². The first kappa shape index (κ1) is 25.4. The third kappa shape index (κ3) is 5.11. The lowest BCUT2D eigenvalue weighted by molar-refractivity contribution is -0.132. The monoisotopic (exact) mass is 522 g/mol. The van der Waals surface area contributed by atoms with E-state index in [0.717, 1.165) is 41.7 Å². The summed E-state index contributed by atoms with van der Waals surface area (Å²) in [7, 11) is 1.34. The largest absolute Gasteiger partial charge is 0.481 e. The van der Waals surface area contributed by atoms with Gasteiger partial charge < -0.3 is 15.0 Å². The number of pyridine rings is 2. The quantitative estimate of drug-likeness (QED) is 0.416. The Morgan fingerprint density at radius 3 is 2.74 bits per heavy atom. The highest BCUT2D eigenvalue weighted by molar-refractivity contribution is 5.83. The maximum absolute atomic E-state index is 13.4. The van der Waals surface area contributed by atoms with E-state index in [9.17, 15) is 13.6 Å². The molecule has 1 aliphatic heterocycles. The summed E-state index contributed by atoms with van der Waals surface area (Å²) in [6.45, 7) is 4.28. The van der Waals surface area contributed by atoms with Crippen LogP contribution in [0.3, 0.4) is 0 Å². The fraction of sp³-hybridized carbons (Fsp3) is 0.385. The minimum Gasteiger partial charge on any atom is -0.481 e. The van der Waals surface area contributed by atoms with E-state index >= 15 is 0 Å². The van der Waals surface area contributed by atoms with Crippen molar-refractivity contribution in [1.29, 1.82) is 0 Å². The molecule has 5 rings (SSSR count). The number of anilines is 1. The molecule has 0 saturated heterocycles. The second kappa shape index (κ2) is 10.6. The molecule has 0 fully saturated rings. The number of aryl methyl sites for hydroxylation is 2. The van der Waals surface area contributed by atoms with Gasteiger partial charge in [0, 0.05) is 24.4 Å². The van der Waals surface area contributed by atoms with Gasteiger partial charge in [0.15, 0.2) is 17.3 Å². The zero-order chi connectivity index (χ0) is 26.8. The van der Waals surface area contributed by atoms with Crippen LogP contribution < -0.4 is 10.1 Å². The second-order valence-electron chi connectivity index (χ2n) is 9.18. The summed E-state index contributed by atoms with van der Waals surface area (Å²) in [4.78, 5) is 32.1. The van der Waals surface area contributed by atoms with E-state index in [1.165, 1.54) is 13.2 Å². The normalized spacial score (nSPS) is 14.8. The number of methoxy groups -OCH3 is 1. The summed E-state index contributed by atoms with van der Waals surface area (Å²) in [6.07, 6.45) is 1.36. The number of nitrogens with zero attached hydrogens (tertiary/aromatic N) is 7. The van der Waals surface area contributed by atoms with Crippen LogP contribution in [0.5, 0.6) is 5.88 Å². The molecule has 198 valence electrons. The summed E-state index contributed by atoms with van der Waals surface area (Å²) in [6, 6.07) is 9.21. The molecule has 0 aliphatic carbocycles. The van der Waals surface area contributed by atoms with E-state index in [2.05, 4.69) is 31.4 Å². The Bertz CT molecular complexity index is 1440. The topological polar surface area (TPSA) is 110 Å². The predicted octanol–water partition coefficient (Wildman–Crippen LogP) is 4.17. The molecular formula is C26H28F2N8O2. The number of amides is 1. The molecule has 4 aromatic rings. The molecule has 4 aromatic heterocycles. The van der Waals surface area contributed by atoms with Crippen LogP contribution >= 0.6 is 0 Å². The van der Waals surface area contributed by atoms with Crippen molar-refractivity contribution in [2.24, 2.45) is 0 Å². The summed E-state index contributed by atoms with van der Waals surface area (Å²) < 4.78 is 33.4. The molecule has 1 N–H and O–H groups in total. The number of nitrogens with one attached hydrogen (secondary N) is 1. The van der Waals surface area contributed by atoms with Crippen molar-refractivity contribution in [2.45, 2.75) is 45.5 Å². The Kier molecular flexibility index (Phi) is 7.12. The zero-order valence-electron chi connectivity index (χ0n) is 21.4. The highest BCUT2D eigenvalue weighted by Crippen LogP contribution is 2.28. The third-order valence-corrected chi connectivity index (χ3v) is 6.61. The number of carbonyl (C=O) groups is 1. The van der Waals surface area contributed by atoms with Crippen LogP contribution in [-0.4, -0.2) is 60.7 Å². The van der Waals surface area contributed by atoms with Gasteiger partial charge in [0.05, 0.1) is 31.1 Å². The molecule has 0 bridgehead atoms. The average molecular weight is 523 g/mol. The van der Waals surface area contributed by atoms with Crippen molar-refractivity contribution < 1.29 is 18.3 Å². The number of carbonyl (C=O) groups excluding carboxylic acids is 1. The number of alkyl halides is 2.